The Kier molecular flexibility index (Phi) is 1.85. The van der Waals surface area contributed by atoms with Crippen molar-refractivity contribution in [2.75, 3.05) is 7.11 Å². The van der Waals surface area contributed by atoms with Gasteiger partial charge in [-0.05, 0) is 24.6 Å². The summed E-state index contributed by atoms with van der Waals surface area (Å²) in [6.45, 7) is 2.02. The van der Waals surface area contributed by atoms with E-state index in [1.54, 1.807) is 13.3 Å². The third kappa shape index (κ3) is 1.33. The van der Waals surface area contributed by atoms with Crippen LogP contribution < -0.4 is 4.74 Å². The molecule has 0 saturated carbocycles. The zero-order valence-electron chi connectivity index (χ0n) is 7.61. The highest BCUT2D eigenvalue weighted by Gasteiger charge is 2.01. The highest BCUT2D eigenvalue weighted by molar-refractivity contribution is 5.78. The molecule has 2 aromatic heterocycles. The van der Waals surface area contributed by atoms with Gasteiger partial charge in [0.1, 0.15) is 0 Å². The lowest BCUT2D eigenvalue weighted by molar-refractivity contribution is 0.399. The van der Waals surface area contributed by atoms with E-state index < -0.39 is 0 Å². The average molecular weight is 174 g/mol. The number of aryl methyl sites for hydroxylation is 1. The Labute approximate surface area is 76.4 Å². The molecule has 2 aromatic rings. The molecule has 0 fully saturated rings. The van der Waals surface area contributed by atoms with Crippen molar-refractivity contribution in [1.29, 1.82) is 0 Å². The van der Waals surface area contributed by atoms with Gasteiger partial charge in [0.05, 0.1) is 7.11 Å². The minimum Gasteiger partial charge on any atom is -0.481 e. The summed E-state index contributed by atoms with van der Waals surface area (Å²) in [5.74, 6) is 0.615. The lowest BCUT2D eigenvalue weighted by Crippen LogP contribution is -1.91. The van der Waals surface area contributed by atoms with Crippen molar-refractivity contribution in [1.82, 2.24) is 9.97 Å². The van der Waals surface area contributed by atoms with Crippen LogP contribution in [0.25, 0.3) is 11.0 Å². The molecule has 13 heavy (non-hydrogen) atoms. The largest absolute Gasteiger partial charge is 0.481 e. The van der Waals surface area contributed by atoms with E-state index in [2.05, 4.69) is 9.97 Å². The van der Waals surface area contributed by atoms with E-state index in [-0.39, 0.29) is 0 Å². The van der Waals surface area contributed by atoms with Gasteiger partial charge in [-0.15, -0.1) is 0 Å². The topological polar surface area (TPSA) is 35.0 Å². The van der Waals surface area contributed by atoms with Crippen LogP contribution >= 0.6 is 0 Å². The molecule has 3 nitrogen and oxygen atoms in total. The molecule has 2 heterocycles. The van der Waals surface area contributed by atoms with Crippen molar-refractivity contribution < 1.29 is 4.74 Å². The lowest BCUT2D eigenvalue weighted by Gasteiger charge is -2.03. The first-order chi connectivity index (χ1) is 6.31. The molecule has 3 heteroatoms. The SMILES string of the molecule is COc1cc(C)c2cccnc2n1. The molecule has 0 aliphatic carbocycles. The summed E-state index contributed by atoms with van der Waals surface area (Å²) < 4.78 is 5.05. The van der Waals surface area contributed by atoms with Crippen LogP contribution in [0.15, 0.2) is 24.4 Å². The smallest absolute Gasteiger partial charge is 0.215 e. The number of ether oxygens (including phenoxy) is 1. The van der Waals surface area contributed by atoms with Crippen LogP contribution in [-0.4, -0.2) is 17.1 Å². The predicted molar refractivity (Wildman–Crippen MR) is 50.8 cm³/mol. The summed E-state index contributed by atoms with van der Waals surface area (Å²) in [6, 6.07) is 5.82. The van der Waals surface area contributed by atoms with Crippen LogP contribution in [0.4, 0.5) is 0 Å². The van der Waals surface area contributed by atoms with Gasteiger partial charge in [0, 0.05) is 17.6 Å². The molecule has 0 aliphatic heterocycles. The fourth-order valence-corrected chi connectivity index (χ4v) is 1.30. The van der Waals surface area contributed by atoms with Crippen LogP contribution in [0.5, 0.6) is 5.88 Å². The number of rotatable bonds is 1. The molecule has 0 spiro atoms. The number of methoxy groups -OCH3 is 1. The monoisotopic (exact) mass is 174 g/mol. The Morgan fingerprint density at radius 3 is 3.00 bits per heavy atom. The maximum atomic E-state index is 5.05. The van der Waals surface area contributed by atoms with Crippen molar-refractivity contribution in [3.8, 4) is 5.88 Å². The Morgan fingerprint density at radius 2 is 2.23 bits per heavy atom. The number of hydrogen-bond donors (Lipinski definition) is 0. The van der Waals surface area contributed by atoms with Gasteiger partial charge in [-0.2, -0.15) is 4.98 Å². The molecule has 0 amide bonds. The maximum Gasteiger partial charge on any atom is 0.215 e. The minimum absolute atomic E-state index is 0.615. The summed E-state index contributed by atoms with van der Waals surface area (Å²) in [7, 11) is 1.61. The zero-order chi connectivity index (χ0) is 9.26. The quantitative estimate of drug-likeness (QED) is 0.662. The molecule has 0 saturated heterocycles. The van der Waals surface area contributed by atoms with Gasteiger partial charge in [0.25, 0.3) is 0 Å². The molecular weight excluding hydrogens is 164 g/mol. The molecule has 0 N–H and O–H groups in total. The molecular formula is C10H10N2O. The Balaban J connectivity index is 2.77. The minimum atomic E-state index is 0.615. The predicted octanol–water partition coefficient (Wildman–Crippen LogP) is 1.95. The number of hydrogen-bond acceptors (Lipinski definition) is 3. The Hall–Kier alpha value is -1.64. The normalized spacial score (nSPS) is 10.3. The van der Waals surface area contributed by atoms with Gasteiger partial charge in [-0.1, -0.05) is 0 Å². The second kappa shape index (κ2) is 3.01. The fraction of sp³-hybridized carbons (Fsp3) is 0.200. The summed E-state index contributed by atoms with van der Waals surface area (Å²) in [5.41, 5.74) is 1.87. The third-order valence-corrected chi connectivity index (χ3v) is 1.98. The van der Waals surface area contributed by atoms with Gasteiger partial charge in [-0.25, -0.2) is 4.98 Å². The average Bonchev–Trinajstić information content (AvgIpc) is 2.18. The second-order valence-electron chi connectivity index (χ2n) is 2.86. The van der Waals surface area contributed by atoms with Gasteiger partial charge in [-0.3, -0.25) is 0 Å². The Morgan fingerprint density at radius 1 is 1.38 bits per heavy atom. The summed E-state index contributed by atoms with van der Waals surface area (Å²) in [4.78, 5) is 8.38. The van der Waals surface area contributed by atoms with E-state index >= 15 is 0 Å². The molecule has 0 aliphatic rings. The first-order valence-corrected chi connectivity index (χ1v) is 4.07. The first kappa shape index (κ1) is 7.98. The van der Waals surface area contributed by atoms with E-state index in [1.165, 1.54) is 0 Å². The lowest BCUT2D eigenvalue weighted by atomic mass is 10.2. The molecule has 0 unspecified atom stereocenters. The van der Waals surface area contributed by atoms with Crippen molar-refractivity contribution in [2.24, 2.45) is 0 Å². The van der Waals surface area contributed by atoms with Crippen LogP contribution in [0.3, 0.4) is 0 Å². The summed E-state index contributed by atoms with van der Waals surface area (Å²) in [6.07, 6.45) is 1.73. The van der Waals surface area contributed by atoms with Gasteiger partial charge >= 0.3 is 0 Å². The molecule has 0 aromatic carbocycles. The van der Waals surface area contributed by atoms with Gasteiger partial charge in [0.15, 0.2) is 5.65 Å². The molecule has 0 radical (unpaired) electrons. The van der Waals surface area contributed by atoms with Gasteiger partial charge < -0.3 is 4.74 Å². The second-order valence-corrected chi connectivity index (χ2v) is 2.86. The van der Waals surface area contributed by atoms with E-state index in [1.807, 2.05) is 25.1 Å². The first-order valence-electron chi connectivity index (χ1n) is 4.07. The van der Waals surface area contributed by atoms with Gasteiger partial charge in [0.2, 0.25) is 5.88 Å². The van der Waals surface area contributed by atoms with E-state index in [0.29, 0.717) is 5.88 Å². The van der Waals surface area contributed by atoms with Crippen molar-refractivity contribution in [3.63, 3.8) is 0 Å². The molecule has 66 valence electrons. The van der Waals surface area contributed by atoms with E-state index in [0.717, 1.165) is 16.6 Å². The number of pyridine rings is 2. The number of nitrogens with zero attached hydrogens (tertiary/aromatic N) is 2. The standard InChI is InChI=1S/C10H10N2O/c1-7-6-9(13-2)12-10-8(7)4-3-5-11-10/h3-6H,1-2H3. The zero-order valence-corrected chi connectivity index (χ0v) is 7.61. The summed E-state index contributed by atoms with van der Waals surface area (Å²) in [5, 5.41) is 1.07. The fourth-order valence-electron chi connectivity index (χ4n) is 1.30. The molecule has 2 rings (SSSR count). The third-order valence-electron chi connectivity index (χ3n) is 1.98. The van der Waals surface area contributed by atoms with Crippen molar-refractivity contribution in [2.45, 2.75) is 6.92 Å². The number of fused-ring (bicyclic) bond motifs is 1. The van der Waals surface area contributed by atoms with E-state index in [4.69, 9.17) is 4.74 Å². The van der Waals surface area contributed by atoms with Crippen LogP contribution in [-0.2, 0) is 0 Å². The number of aromatic nitrogens is 2. The van der Waals surface area contributed by atoms with Crippen LogP contribution in [0.2, 0.25) is 0 Å². The highest BCUT2D eigenvalue weighted by atomic mass is 16.5. The van der Waals surface area contributed by atoms with Crippen LogP contribution in [0, 0.1) is 6.92 Å². The molecule has 0 bridgehead atoms. The highest BCUT2D eigenvalue weighted by Crippen LogP contribution is 2.18. The summed E-state index contributed by atoms with van der Waals surface area (Å²) >= 11 is 0. The Bertz CT molecular complexity index is 440. The van der Waals surface area contributed by atoms with Crippen molar-refractivity contribution >= 4 is 11.0 Å². The maximum absolute atomic E-state index is 5.05. The van der Waals surface area contributed by atoms with Crippen LogP contribution in [0.1, 0.15) is 5.56 Å². The van der Waals surface area contributed by atoms with Crippen molar-refractivity contribution in [3.05, 3.63) is 30.0 Å². The molecule has 0 atom stereocenters. The van der Waals surface area contributed by atoms with E-state index in [9.17, 15) is 0 Å².